The molecule has 1 aliphatic rings. The number of rotatable bonds is 4. The van der Waals surface area contributed by atoms with E-state index >= 15 is 0 Å². The summed E-state index contributed by atoms with van der Waals surface area (Å²) in [4.78, 5) is 16.0. The van der Waals surface area contributed by atoms with Crippen LogP contribution >= 0.6 is 0 Å². The van der Waals surface area contributed by atoms with Crippen LogP contribution in [0, 0.1) is 0 Å². The number of hydrogen-bond acceptors (Lipinski definition) is 3. The smallest absolute Gasteiger partial charge is 0.236 e. The number of nitrogens with zero attached hydrogens (tertiary/aromatic N) is 2. The van der Waals surface area contributed by atoms with Gasteiger partial charge in [-0.1, -0.05) is 0 Å². The van der Waals surface area contributed by atoms with Crippen molar-refractivity contribution in [1.29, 1.82) is 0 Å². The molecule has 17 heavy (non-hydrogen) atoms. The van der Waals surface area contributed by atoms with Gasteiger partial charge in [0.25, 0.3) is 0 Å². The molecule has 0 aliphatic heterocycles. The van der Waals surface area contributed by atoms with Gasteiger partial charge in [0.05, 0.1) is 6.54 Å². The van der Waals surface area contributed by atoms with Crippen LogP contribution in [-0.2, 0) is 4.79 Å². The van der Waals surface area contributed by atoms with Crippen LogP contribution in [0.15, 0.2) is 0 Å². The first-order chi connectivity index (χ1) is 7.91. The average Bonchev–Trinajstić information content (AvgIpc) is 2.28. The molecule has 0 saturated heterocycles. The van der Waals surface area contributed by atoms with Crippen molar-refractivity contribution in [2.45, 2.75) is 57.7 Å². The standard InChI is InChI=1S/C13H27N3O/c1-10(2)16(4)13(17)9-15(3)12-7-5-11(14)6-8-12/h10-12H,5-9,14H2,1-4H3. The lowest BCUT2D eigenvalue weighted by atomic mass is 9.91. The molecule has 0 aromatic heterocycles. The summed E-state index contributed by atoms with van der Waals surface area (Å²) in [5, 5.41) is 0. The summed E-state index contributed by atoms with van der Waals surface area (Å²) in [6.07, 6.45) is 4.42. The average molecular weight is 241 g/mol. The molecule has 0 atom stereocenters. The highest BCUT2D eigenvalue weighted by Gasteiger charge is 2.24. The van der Waals surface area contributed by atoms with Crippen molar-refractivity contribution in [3.63, 3.8) is 0 Å². The largest absolute Gasteiger partial charge is 0.342 e. The van der Waals surface area contributed by atoms with Gasteiger partial charge < -0.3 is 10.6 Å². The minimum absolute atomic E-state index is 0.206. The van der Waals surface area contributed by atoms with E-state index in [-0.39, 0.29) is 11.9 Å². The molecule has 1 aliphatic carbocycles. The lowest BCUT2D eigenvalue weighted by Crippen LogP contribution is -2.45. The molecule has 0 heterocycles. The highest BCUT2D eigenvalue weighted by molar-refractivity contribution is 5.78. The van der Waals surface area contributed by atoms with Crippen molar-refractivity contribution in [3.05, 3.63) is 0 Å². The Morgan fingerprint density at radius 2 is 1.76 bits per heavy atom. The van der Waals surface area contributed by atoms with E-state index in [9.17, 15) is 4.79 Å². The summed E-state index contributed by atoms with van der Waals surface area (Å²) in [6.45, 7) is 4.60. The van der Waals surface area contributed by atoms with Crippen molar-refractivity contribution in [2.75, 3.05) is 20.6 Å². The van der Waals surface area contributed by atoms with Crippen LogP contribution in [0.5, 0.6) is 0 Å². The number of nitrogens with two attached hydrogens (primary N) is 1. The lowest BCUT2D eigenvalue weighted by Gasteiger charge is -2.34. The van der Waals surface area contributed by atoms with Crippen LogP contribution in [0.4, 0.5) is 0 Å². The Morgan fingerprint density at radius 1 is 1.24 bits per heavy atom. The maximum absolute atomic E-state index is 12.0. The third-order valence-corrected chi connectivity index (χ3v) is 3.92. The van der Waals surface area contributed by atoms with Crippen molar-refractivity contribution in [1.82, 2.24) is 9.80 Å². The van der Waals surface area contributed by atoms with Crippen LogP contribution in [0.25, 0.3) is 0 Å². The molecule has 0 aromatic rings. The van der Waals surface area contributed by atoms with Crippen LogP contribution in [0.1, 0.15) is 39.5 Å². The van der Waals surface area contributed by atoms with Gasteiger partial charge in [-0.25, -0.2) is 0 Å². The summed E-state index contributed by atoms with van der Waals surface area (Å²) >= 11 is 0. The second kappa shape index (κ2) is 6.36. The Morgan fingerprint density at radius 3 is 2.24 bits per heavy atom. The molecule has 0 aromatic carbocycles. The lowest BCUT2D eigenvalue weighted by molar-refractivity contribution is -0.132. The SMILES string of the molecule is CC(C)N(C)C(=O)CN(C)C1CCC(N)CC1. The van der Waals surface area contributed by atoms with Gasteiger partial charge in [-0.3, -0.25) is 9.69 Å². The van der Waals surface area contributed by atoms with Crippen molar-refractivity contribution in [2.24, 2.45) is 5.73 Å². The van der Waals surface area contributed by atoms with E-state index in [1.54, 1.807) is 0 Å². The molecular weight excluding hydrogens is 214 g/mol. The normalized spacial score (nSPS) is 25.4. The van der Waals surface area contributed by atoms with E-state index in [0.29, 0.717) is 18.6 Å². The Kier molecular flexibility index (Phi) is 5.40. The van der Waals surface area contributed by atoms with Gasteiger partial charge in [0.1, 0.15) is 0 Å². The van der Waals surface area contributed by atoms with E-state index in [1.165, 1.54) is 0 Å². The molecule has 0 unspecified atom stereocenters. The van der Waals surface area contributed by atoms with Gasteiger partial charge in [0, 0.05) is 25.2 Å². The summed E-state index contributed by atoms with van der Waals surface area (Å²) in [6, 6.07) is 1.17. The summed E-state index contributed by atoms with van der Waals surface area (Å²) in [5.74, 6) is 0.206. The molecule has 1 saturated carbocycles. The summed E-state index contributed by atoms with van der Waals surface area (Å²) < 4.78 is 0. The van der Waals surface area contributed by atoms with Crippen molar-refractivity contribution >= 4 is 5.91 Å². The van der Waals surface area contributed by atoms with Gasteiger partial charge in [-0.15, -0.1) is 0 Å². The number of carbonyl (C=O) groups is 1. The van der Waals surface area contributed by atoms with E-state index in [2.05, 4.69) is 4.90 Å². The first kappa shape index (κ1) is 14.5. The molecule has 0 radical (unpaired) electrons. The van der Waals surface area contributed by atoms with Gasteiger partial charge in [0.15, 0.2) is 0 Å². The quantitative estimate of drug-likeness (QED) is 0.800. The molecule has 1 fully saturated rings. The Labute approximate surface area is 105 Å². The fourth-order valence-electron chi connectivity index (χ4n) is 2.28. The molecule has 1 amide bonds. The molecule has 0 bridgehead atoms. The highest BCUT2D eigenvalue weighted by atomic mass is 16.2. The van der Waals surface area contributed by atoms with Crippen LogP contribution in [-0.4, -0.2) is 54.5 Å². The van der Waals surface area contributed by atoms with Gasteiger partial charge in [-0.2, -0.15) is 0 Å². The first-order valence-corrected chi connectivity index (χ1v) is 6.63. The van der Waals surface area contributed by atoms with E-state index in [1.807, 2.05) is 32.8 Å². The monoisotopic (exact) mass is 241 g/mol. The minimum Gasteiger partial charge on any atom is -0.342 e. The van der Waals surface area contributed by atoms with Crippen LogP contribution in [0.3, 0.4) is 0 Å². The van der Waals surface area contributed by atoms with E-state index in [0.717, 1.165) is 25.7 Å². The number of amides is 1. The molecule has 100 valence electrons. The fraction of sp³-hybridized carbons (Fsp3) is 0.923. The number of likely N-dealkylation sites (N-methyl/N-ethyl adjacent to an activating group) is 2. The zero-order chi connectivity index (χ0) is 13.0. The second-order valence-corrected chi connectivity index (χ2v) is 5.58. The van der Waals surface area contributed by atoms with Gasteiger partial charge in [0.2, 0.25) is 5.91 Å². The number of carbonyl (C=O) groups excluding carboxylic acids is 1. The second-order valence-electron chi connectivity index (χ2n) is 5.58. The van der Waals surface area contributed by atoms with E-state index in [4.69, 9.17) is 5.73 Å². The predicted molar refractivity (Wildman–Crippen MR) is 70.8 cm³/mol. The zero-order valence-corrected chi connectivity index (χ0v) is 11.6. The van der Waals surface area contributed by atoms with Crippen LogP contribution in [0.2, 0.25) is 0 Å². The molecule has 1 rings (SSSR count). The maximum atomic E-state index is 12.0. The highest BCUT2D eigenvalue weighted by Crippen LogP contribution is 2.21. The topological polar surface area (TPSA) is 49.6 Å². The first-order valence-electron chi connectivity index (χ1n) is 6.63. The number of hydrogen-bond donors (Lipinski definition) is 1. The molecule has 2 N–H and O–H groups in total. The molecular formula is C13H27N3O. The third-order valence-electron chi connectivity index (χ3n) is 3.92. The maximum Gasteiger partial charge on any atom is 0.236 e. The minimum atomic E-state index is 0.206. The van der Waals surface area contributed by atoms with E-state index < -0.39 is 0 Å². The summed E-state index contributed by atoms with van der Waals surface area (Å²) in [5.41, 5.74) is 5.89. The molecule has 4 heteroatoms. The van der Waals surface area contributed by atoms with Gasteiger partial charge >= 0.3 is 0 Å². The van der Waals surface area contributed by atoms with Crippen LogP contribution < -0.4 is 5.73 Å². The Hall–Kier alpha value is -0.610. The molecule has 4 nitrogen and oxygen atoms in total. The zero-order valence-electron chi connectivity index (χ0n) is 11.6. The third kappa shape index (κ3) is 4.28. The summed E-state index contributed by atoms with van der Waals surface area (Å²) in [7, 11) is 3.92. The van der Waals surface area contributed by atoms with Gasteiger partial charge in [-0.05, 0) is 46.6 Å². The van der Waals surface area contributed by atoms with Crippen molar-refractivity contribution in [3.8, 4) is 0 Å². The fourth-order valence-corrected chi connectivity index (χ4v) is 2.28. The Bertz CT molecular complexity index is 247. The Balaban J connectivity index is 2.38. The molecule has 0 spiro atoms. The predicted octanol–water partition coefficient (Wildman–Crippen LogP) is 1.05. The van der Waals surface area contributed by atoms with Crippen molar-refractivity contribution < 1.29 is 4.79 Å².